The van der Waals surface area contributed by atoms with Crippen LogP contribution in [0.2, 0.25) is 0 Å². The number of methoxy groups -OCH3 is 1. The summed E-state index contributed by atoms with van der Waals surface area (Å²) in [6.07, 6.45) is 2.14. The lowest BCUT2D eigenvalue weighted by Gasteiger charge is -2.17. The van der Waals surface area contributed by atoms with E-state index in [0.717, 1.165) is 0 Å². The fourth-order valence-corrected chi connectivity index (χ4v) is 2.22. The van der Waals surface area contributed by atoms with Crippen molar-refractivity contribution in [2.45, 2.75) is 6.10 Å². The maximum atomic E-state index is 12.2. The molecular weight excluding hydrogens is 264 g/mol. The highest BCUT2D eigenvalue weighted by Crippen LogP contribution is 2.20. The van der Waals surface area contributed by atoms with Gasteiger partial charge in [-0.3, -0.25) is 4.79 Å². The Kier molecular flexibility index (Phi) is 4.09. The normalized spacial score (nSPS) is 18.6. The van der Waals surface area contributed by atoms with E-state index in [1.165, 1.54) is 19.3 Å². The minimum absolute atomic E-state index is 0.109. The molecule has 0 saturated heterocycles. The Morgan fingerprint density at radius 2 is 2.00 bits per heavy atom. The zero-order valence-corrected chi connectivity index (χ0v) is 11.0. The van der Waals surface area contributed by atoms with Gasteiger partial charge < -0.3 is 9.84 Å². The van der Waals surface area contributed by atoms with Crippen LogP contribution >= 0.6 is 0 Å². The van der Waals surface area contributed by atoms with Crippen molar-refractivity contribution in [2.24, 2.45) is 0 Å². The second-order valence-corrected chi connectivity index (χ2v) is 4.59. The molecule has 5 heteroatoms. The lowest BCUT2D eigenvalue weighted by Crippen LogP contribution is -2.25. The van der Waals surface area contributed by atoms with E-state index in [1.807, 2.05) is 0 Å². The van der Waals surface area contributed by atoms with E-state index in [-0.39, 0.29) is 28.4 Å². The van der Waals surface area contributed by atoms with Gasteiger partial charge in [0.05, 0.1) is 21.7 Å². The summed E-state index contributed by atoms with van der Waals surface area (Å²) in [6, 6.07) is 8.59. The number of Topliss-reactive ketones (excluding diaryl/α,β-unsaturated/α-hetero) is 1. The standard InChI is InChI=1S/C14H12O4S/c1-18-12-8-11(15)10(7-13(12)19-17)14(16)9-5-3-2-4-6-9/h2-8,12,15H,1H3. The van der Waals surface area contributed by atoms with Gasteiger partial charge in [0.25, 0.3) is 0 Å². The molecular formula is C14H12O4S. The first-order valence-corrected chi connectivity index (χ1v) is 6.33. The summed E-state index contributed by atoms with van der Waals surface area (Å²) < 4.78 is 16.0. The molecule has 1 atom stereocenters. The molecule has 1 aliphatic carbocycles. The van der Waals surface area contributed by atoms with Crippen molar-refractivity contribution in [1.82, 2.24) is 0 Å². The Morgan fingerprint density at radius 1 is 1.32 bits per heavy atom. The predicted octanol–water partition coefficient (Wildman–Crippen LogP) is 1.65. The molecule has 0 heterocycles. The third-order valence-electron chi connectivity index (χ3n) is 2.78. The van der Waals surface area contributed by atoms with Crippen molar-refractivity contribution in [3.05, 3.63) is 59.4 Å². The first-order valence-electron chi connectivity index (χ1n) is 5.59. The molecule has 19 heavy (non-hydrogen) atoms. The molecule has 0 radical (unpaired) electrons. The first-order chi connectivity index (χ1) is 9.17. The van der Waals surface area contributed by atoms with Crippen molar-refractivity contribution in [3.8, 4) is 0 Å². The molecule has 0 fully saturated rings. The Balaban J connectivity index is 2.41. The van der Waals surface area contributed by atoms with Gasteiger partial charge >= 0.3 is 0 Å². The van der Waals surface area contributed by atoms with Crippen LogP contribution in [-0.4, -0.2) is 33.2 Å². The van der Waals surface area contributed by atoms with Crippen LogP contribution in [0.3, 0.4) is 0 Å². The van der Waals surface area contributed by atoms with E-state index in [1.54, 1.807) is 30.3 Å². The summed E-state index contributed by atoms with van der Waals surface area (Å²) >= 11 is 0.254. The van der Waals surface area contributed by atoms with Crippen LogP contribution in [0.25, 0.3) is 0 Å². The molecule has 0 bridgehead atoms. The van der Waals surface area contributed by atoms with Crippen molar-refractivity contribution in [3.63, 3.8) is 0 Å². The number of benzene rings is 1. The average molecular weight is 276 g/mol. The van der Waals surface area contributed by atoms with E-state index in [9.17, 15) is 14.1 Å². The molecule has 0 aliphatic heterocycles. The van der Waals surface area contributed by atoms with Crippen LogP contribution in [0.1, 0.15) is 10.4 Å². The molecule has 1 aromatic rings. The lowest BCUT2D eigenvalue weighted by atomic mass is 9.95. The highest BCUT2D eigenvalue weighted by molar-refractivity contribution is 7.67. The summed E-state index contributed by atoms with van der Waals surface area (Å²) in [7, 11) is 1.43. The van der Waals surface area contributed by atoms with Gasteiger partial charge in [-0.2, -0.15) is 0 Å². The minimum Gasteiger partial charge on any atom is -0.507 e. The van der Waals surface area contributed by atoms with Gasteiger partial charge in [0.1, 0.15) is 11.9 Å². The van der Waals surface area contributed by atoms with Crippen LogP contribution < -0.4 is 0 Å². The van der Waals surface area contributed by atoms with Gasteiger partial charge in [-0.25, -0.2) is 4.21 Å². The predicted molar refractivity (Wildman–Crippen MR) is 73.5 cm³/mol. The van der Waals surface area contributed by atoms with Crippen molar-refractivity contribution < 1.29 is 18.8 Å². The van der Waals surface area contributed by atoms with Gasteiger partial charge in [-0.15, -0.1) is 0 Å². The summed E-state index contributed by atoms with van der Waals surface area (Å²) in [5.41, 5.74) is 0.567. The SMILES string of the molecule is COC1C=C(O)C(C(=O)c2ccccc2)=CC1=S=O. The number of carbonyl (C=O) groups is 1. The average Bonchev–Trinajstić information content (AvgIpc) is 2.47. The largest absolute Gasteiger partial charge is 0.507 e. The quantitative estimate of drug-likeness (QED) is 0.673. The van der Waals surface area contributed by atoms with Gasteiger partial charge in [0.15, 0.2) is 5.78 Å². The van der Waals surface area contributed by atoms with Gasteiger partial charge in [0, 0.05) is 12.7 Å². The molecule has 98 valence electrons. The maximum Gasteiger partial charge on any atom is 0.196 e. The van der Waals surface area contributed by atoms with Crippen molar-refractivity contribution >= 4 is 21.9 Å². The summed E-state index contributed by atoms with van der Waals surface area (Å²) in [4.78, 5) is 12.6. The topological polar surface area (TPSA) is 63.6 Å². The van der Waals surface area contributed by atoms with Crippen LogP contribution in [0.4, 0.5) is 0 Å². The van der Waals surface area contributed by atoms with Crippen LogP contribution in [0.15, 0.2) is 53.8 Å². The zero-order valence-electron chi connectivity index (χ0n) is 10.2. The molecule has 2 rings (SSSR count). The lowest BCUT2D eigenvalue weighted by molar-refractivity contribution is 0.102. The number of carbonyl (C=O) groups excluding carboxylic acids is 1. The summed E-state index contributed by atoms with van der Waals surface area (Å²) in [5, 5.41) is 9.88. The van der Waals surface area contributed by atoms with Crippen molar-refractivity contribution in [1.29, 1.82) is 0 Å². The minimum atomic E-state index is -0.602. The Labute approximate surface area is 114 Å². The number of aliphatic hydroxyl groups excluding tert-OH is 1. The van der Waals surface area contributed by atoms with E-state index < -0.39 is 6.10 Å². The fraction of sp³-hybridized carbons (Fsp3) is 0.143. The van der Waals surface area contributed by atoms with E-state index >= 15 is 0 Å². The van der Waals surface area contributed by atoms with Crippen LogP contribution in [-0.2, 0) is 16.0 Å². The number of ether oxygens (including phenoxy) is 1. The van der Waals surface area contributed by atoms with Gasteiger partial charge in [-0.05, 0) is 12.2 Å². The highest BCUT2D eigenvalue weighted by Gasteiger charge is 2.25. The molecule has 1 N–H and O–H groups in total. The van der Waals surface area contributed by atoms with Crippen LogP contribution in [0, 0.1) is 0 Å². The molecule has 1 aliphatic rings. The number of allylic oxidation sites excluding steroid dienone is 1. The van der Waals surface area contributed by atoms with Gasteiger partial charge in [0.2, 0.25) is 0 Å². The fourth-order valence-electron chi connectivity index (χ4n) is 1.80. The number of aliphatic hydroxyl groups is 1. The van der Waals surface area contributed by atoms with E-state index in [0.29, 0.717) is 10.4 Å². The molecule has 4 nitrogen and oxygen atoms in total. The van der Waals surface area contributed by atoms with Gasteiger partial charge in [-0.1, -0.05) is 30.3 Å². The smallest absolute Gasteiger partial charge is 0.196 e. The Morgan fingerprint density at radius 3 is 2.58 bits per heavy atom. The monoisotopic (exact) mass is 276 g/mol. The zero-order chi connectivity index (χ0) is 13.8. The Bertz CT molecular complexity index is 610. The number of rotatable bonds is 3. The maximum absolute atomic E-state index is 12.2. The molecule has 0 saturated carbocycles. The molecule has 1 aromatic carbocycles. The number of hydrogen-bond acceptors (Lipinski definition) is 4. The van der Waals surface area contributed by atoms with Crippen LogP contribution in [0.5, 0.6) is 0 Å². The summed E-state index contributed by atoms with van der Waals surface area (Å²) in [5.74, 6) is -0.492. The third kappa shape index (κ3) is 2.72. The van der Waals surface area contributed by atoms with Crippen molar-refractivity contribution in [2.75, 3.05) is 7.11 Å². The molecule has 0 spiro atoms. The number of hydrogen-bond donors (Lipinski definition) is 1. The molecule has 0 aromatic heterocycles. The first kappa shape index (κ1) is 13.5. The second-order valence-electron chi connectivity index (χ2n) is 3.95. The van der Waals surface area contributed by atoms with E-state index in [2.05, 4.69) is 0 Å². The number of ketones is 1. The molecule has 1 unspecified atom stereocenters. The Hall–Kier alpha value is -1.98. The second kappa shape index (κ2) is 5.77. The third-order valence-corrected chi connectivity index (χ3v) is 3.33. The highest BCUT2D eigenvalue weighted by atomic mass is 32.1. The van der Waals surface area contributed by atoms with E-state index in [4.69, 9.17) is 4.74 Å². The molecule has 0 amide bonds. The summed E-state index contributed by atoms with van der Waals surface area (Å²) in [6.45, 7) is 0.